The summed E-state index contributed by atoms with van der Waals surface area (Å²) in [5.41, 5.74) is -0.215. The second kappa shape index (κ2) is 5.71. The Kier molecular flexibility index (Phi) is 3.84. The predicted molar refractivity (Wildman–Crippen MR) is 75.1 cm³/mol. The largest absolute Gasteiger partial charge is 0.416 e. The smallest absolute Gasteiger partial charge is 0.382 e. The van der Waals surface area contributed by atoms with E-state index in [1.807, 2.05) is 0 Å². The van der Waals surface area contributed by atoms with Gasteiger partial charge in [0.2, 0.25) is 0 Å². The van der Waals surface area contributed by atoms with Gasteiger partial charge in [0.05, 0.1) is 18.4 Å². The van der Waals surface area contributed by atoms with E-state index in [0.717, 1.165) is 12.5 Å². The molecule has 2 heterocycles. The van der Waals surface area contributed by atoms with Gasteiger partial charge in [-0.2, -0.15) is 18.3 Å². The van der Waals surface area contributed by atoms with E-state index in [1.165, 1.54) is 28.9 Å². The van der Waals surface area contributed by atoms with Gasteiger partial charge in [0.25, 0.3) is 5.56 Å². The molecule has 1 atom stereocenters. The summed E-state index contributed by atoms with van der Waals surface area (Å²) in [5, 5.41) is 13.0. The van der Waals surface area contributed by atoms with Crippen LogP contribution in [-0.4, -0.2) is 36.7 Å². The van der Waals surface area contributed by atoms with Crippen molar-refractivity contribution in [3.63, 3.8) is 0 Å². The van der Waals surface area contributed by atoms with Crippen LogP contribution in [0.3, 0.4) is 0 Å². The minimum absolute atomic E-state index is 0.0174. The van der Waals surface area contributed by atoms with Crippen molar-refractivity contribution in [2.45, 2.75) is 18.8 Å². The van der Waals surface area contributed by atoms with E-state index in [4.69, 9.17) is 5.11 Å². The number of rotatable bonds is 3. The van der Waals surface area contributed by atoms with Crippen molar-refractivity contribution in [2.24, 2.45) is 0 Å². The molecule has 0 aliphatic heterocycles. The van der Waals surface area contributed by atoms with Crippen molar-refractivity contribution >= 4 is 11.0 Å². The summed E-state index contributed by atoms with van der Waals surface area (Å²) in [4.78, 5) is 16.1. The summed E-state index contributed by atoms with van der Waals surface area (Å²) in [7, 11) is 0. The first kappa shape index (κ1) is 16.1. The number of nitrogens with zero attached hydrogens (tertiary/aromatic N) is 4. The molecule has 24 heavy (non-hydrogen) atoms. The lowest BCUT2D eigenvalue weighted by atomic mass is 10.3. The van der Waals surface area contributed by atoms with Gasteiger partial charge < -0.3 is 5.11 Å². The van der Waals surface area contributed by atoms with Crippen molar-refractivity contribution in [3.05, 3.63) is 53.0 Å². The number of aromatic nitrogens is 4. The lowest BCUT2D eigenvalue weighted by molar-refractivity contribution is -0.207. The fourth-order valence-electron chi connectivity index (χ4n) is 2.14. The minimum Gasteiger partial charge on any atom is -0.382 e. The van der Waals surface area contributed by atoms with Gasteiger partial charge in [-0.3, -0.25) is 9.36 Å². The topological polar surface area (TPSA) is 72.9 Å². The Bertz CT molecular complexity index is 931. The highest BCUT2D eigenvalue weighted by Crippen LogP contribution is 2.21. The van der Waals surface area contributed by atoms with Crippen LogP contribution >= 0.6 is 0 Å². The van der Waals surface area contributed by atoms with Crippen LogP contribution < -0.4 is 5.56 Å². The molecule has 2 aromatic heterocycles. The molecule has 0 fully saturated rings. The fraction of sp³-hybridized carbons (Fsp3) is 0.214. The average molecular weight is 342 g/mol. The molecular formula is C14H10F4N4O2. The SMILES string of the molecule is O=c1c2cnn(-c3ccc(F)cc3)c2ncn1CC(O)C(F)(F)F. The molecule has 0 saturated heterocycles. The maximum atomic E-state index is 13.0. The zero-order valence-corrected chi connectivity index (χ0v) is 11.9. The second-order valence-electron chi connectivity index (χ2n) is 5.03. The molecule has 1 aromatic carbocycles. The molecule has 3 aromatic rings. The number of aliphatic hydroxyl groups excluding tert-OH is 1. The lowest BCUT2D eigenvalue weighted by Gasteiger charge is -2.15. The maximum Gasteiger partial charge on any atom is 0.416 e. The Morgan fingerprint density at radius 2 is 1.88 bits per heavy atom. The van der Waals surface area contributed by atoms with Gasteiger partial charge in [-0.05, 0) is 24.3 Å². The molecule has 0 aliphatic rings. The number of hydrogen-bond donors (Lipinski definition) is 1. The van der Waals surface area contributed by atoms with Gasteiger partial charge in [0.15, 0.2) is 11.8 Å². The normalized spacial score (nSPS) is 13.4. The first-order chi connectivity index (χ1) is 11.3. The summed E-state index contributed by atoms with van der Waals surface area (Å²) in [6, 6.07) is 5.23. The Morgan fingerprint density at radius 3 is 2.50 bits per heavy atom. The molecule has 6 nitrogen and oxygen atoms in total. The Balaban J connectivity index is 2.03. The number of fused-ring (bicyclic) bond motifs is 1. The van der Waals surface area contributed by atoms with Gasteiger partial charge in [-0.15, -0.1) is 0 Å². The van der Waals surface area contributed by atoms with E-state index in [-0.39, 0.29) is 11.0 Å². The average Bonchev–Trinajstić information content (AvgIpc) is 2.94. The van der Waals surface area contributed by atoms with E-state index in [2.05, 4.69) is 10.1 Å². The van der Waals surface area contributed by atoms with E-state index >= 15 is 0 Å². The van der Waals surface area contributed by atoms with Crippen molar-refractivity contribution in [1.29, 1.82) is 0 Å². The fourth-order valence-corrected chi connectivity index (χ4v) is 2.14. The molecule has 3 rings (SSSR count). The molecule has 10 heteroatoms. The summed E-state index contributed by atoms with van der Waals surface area (Å²) in [6.45, 7) is -0.965. The van der Waals surface area contributed by atoms with E-state index in [9.17, 15) is 22.4 Å². The highest BCUT2D eigenvalue weighted by atomic mass is 19.4. The predicted octanol–water partition coefficient (Wildman–Crippen LogP) is 1.64. The molecule has 0 bridgehead atoms. The van der Waals surface area contributed by atoms with Crippen LogP contribution in [0.4, 0.5) is 17.6 Å². The van der Waals surface area contributed by atoms with Crippen LogP contribution in [0.15, 0.2) is 41.6 Å². The molecule has 0 amide bonds. The quantitative estimate of drug-likeness (QED) is 0.735. The number of hydrogen-bond acceptors (Lipinski definition) is 4. The summed E-state index contributed by atoms with van der Waals surface area (Å²) in [6.07, 6.45) is -5.46. The van der Waals surface area contributed by atoms with E-state index in [1.54, 1.807) is 0 Å². The molecule has 0 saturated carbocycles. The van der Waals surface area contributed by atoms with Gasteiger partial charge in [0, 0.05) is 0 Å². The summed E-state index contributed by atoms with van der Waals surface area (Å²) >= 11 is 0. The van der Waals surface area contributed by atoms with Crippen LogP contribution in [0, 0.1) is 5.82 Å². The zero-order valence-electron chi connectivity index (χ0n) is 11.9. The number of halogens is 4. The zero-order chi connectivity index (χ0) is 17.5. The third-order valence-corrected chi connectivity index (χ3v) is 3.37. The monoisotopic (exact) mass is 342 g/mol. The molecular weight excluding hydrogens is 332 g/mol. The molecule has 1 unspecified atom stereocenters. The van der Waals surface area contributed by atoms with Crippen LogP contribution in [0.25, 0.3) is 16.7 Å². The first-order valence-corrected chi connectivity index (χ1v) is 6.71. The van der Waals surface area contributed by atoms with Gasteiger partial charge in [0.1, 0.15) is 17.5 Å². The third kappa shape index (κ3) is 2.87. The second-order valence-corrected chi connectivity index (χ2v) is 5.03. The summed E-state index contributed by atoms with van der Waals surface area (Å²) in [5.74, 6) is -0.452. The first-order valence-electron chi connectivity index (χ1n) is 6.71. The van der Waals surface area contributed by atoms with Crippen LogP contribution in [0.2, 0.25) is 0 Å². The molecule has 1 N–H and O–H groups in total. The summed E-state index contributed by atoms with van der Waals surface area (Å²) < 4.78 is 52.1. The highest BCUT2D eigenvalue weighted by Gasteiger charge is 2.38. The van der Waals surface area contributed by atoms with E-state index in [0.29, 0.717) is 10.3 Å². The van der Waals surface area contributed by atoms with Crippen molar-refractivity contribution in [1.82, 2.24) is 19.3 Å². The van der Waals surface area contributed by atoms with Gasteiger partial charge in [-0.25, -0.2) is 14.1 Å². The molecule has 0 aliphatic carbocycles. The number of alkyl halides is 3. The Morgan fingerprint density at radius 1 is 1.21 bits per heavy atom. The van der Waals surface area contributed by atoms with Gasteiger partial charge in [-0.1, -0.05) is 0 Å². The lowest BCUT2D eigenvalue weighted by Crippen LogP contribution is -2.36. The highest BCUT2D eigenvalue weighted by molar-refractivity contribution is 5.74. The maximum absolute atomic E-state index is 13.0. The van der Waals surface area contributed by atoms with Crippen LogP contribution in [-0.2, 0) is 6.54 Å². The standard InChI is InChI=1S/C14H10F4N4O2/c15-8-1-3-9(4-2-8)22-12-10(5-20-22)13(24)21(7-19-12)6-11(23)14(16,17)18/h1-5,7,11,23H,6H2. The Hall–Kier alpha value is -2.75. The van der Waals surface area contributed by atoms with Crippen LogP contribution in [0.1, 0.15) is 0 Å². The Labute approximate surface area is 131 Å². The minimum atomic E-state index is -4.84. The molecule has 0 spiro atoms. The van der Waals surface area contributed by atoms with Crippen LogP contribution in [0.5, 0.6) is 0 Å². The van der Waals surface area contributed by atoms with Crippen molar-refractivity contribution < 1.29 is 22.7 Å². The molecule has 0 radical (unpaired) electrons. The third-order valence-electron chi connectivity index (χ3n) is 3.37. The number of aliphatic hydroxyl groups is 1. The molecule has 126 valence electrons. The van der Waals surface area contributed by atoms with Crippen molar-refractivity contribution in [2.75, 3.05) is 0 Å². The number of benzene rings is 1. The van der Waals surface area contributed by atoms with E-state index < -0.39 is 30.2 Å². The van der Waals surface area contributed by atoms with Crippen molar-refractivity contribution in [3.8, 4) is 5.69 Å². The van der Waals surface area contributed by atoms with Gasteiger partial charge >= 0.3 is 6.18 Å².